The summed E-state index contributed by atoms with van der Waals surface area (Å²) >= 11 is 1.69. The number of methoxy groups -OCH3 is 1. The summed E-state index contributed by atoms with van der Waals surface area (Å²) in [6.45, 7) is 1.28. The molecule has 0 saturated carbocycles. The summed E-state index contributed by atoms with van der Waals surface area (Å²) in [7, 11) is -1.21. The summed E-state index contributed by atoms with van der Waals surface area (Å²) in [4.78, 5) is 1.10. The molecule has 0 unspecified atom stereocenters. The Kier molecular flexibility index (Phi) is 6.52. The minimum Gasteiger partial charge on any atom is -0.496 e. The van der Waals surface area contributed by atoms with E-state index in [9.17, 15) is 8.42 Å². The van der Waals surface area contributed by atoms with Crippen LogP contribution in [-0.2, 0) is 9.84 Å². The molecule has 1 aromatic carbocycles. The number of thioether (sulfide) groups is 1. The Morgan fingerprint density at radius 1 is 1.28 bits per heavy atom. The molecule has 18 heavy (non-hydrogen) atoms. The number of nitrogens with one attached hydrogen (secondary N) is 1. The summed E-state index contributed by atoms with van der Waals surface area (Å²) in [5, 5.41) is 3.11. The van der Waals surface area contributed by atoms with E-state index >= 15 is 0 Å². The maximum Gasteiger partial charge on any atom is 0.148 e. The zero-order valence-electron chi connectivity index (χ0n) is 10.7. The minimum absolute atomic E-state index is 0.187. The van der Waals surface area contributed by atoms with Gasteiger partial charge in [0.05, 0.1) is 12.9 Å². The van der Waals surface area contributed by atoms with Crippen molar-refractivity contribution in [3.63, 3.8) is 0 Å². The van der Waals surface area contributed by atoms with Crippen molar-refractivity contribution in [3.8, 4) is 5.75 Å². The molecule has 0 fully saturated rings. The van der Waals surface area contributed by atoms with Crippen LogP contribution in [0.3, 0.4) is 0 Å². The SMILES string of the molecule is COc1ccccc1SCCNCCS(C)(=O)=O. The van der Waals surface area contributed by atoms with E-state index in [4.69, 9.17) is 4.74 Å². The van der Waals surface area contributed by atoms with Crippen LogP contribution in [0.5, 0.6) is 5.75 Å². The van der Waals surface area contributed by atoms with Gasteiger partial charge in [-0.15, -0.1) is 11.8 Å². The Bertz CT molecular complexity index is 460. The fraction of sp³-hybridized carbons (Fsp3) is 0.500. The van der Waals surface area contributed by atoms with Gasteiger partial charge in [0, 0.05) is 30.0 Å². The maximum absolute atomic E-state index is 10.9. The molecule has 1 N–H and O–H groups in total. The van der Waals surface area contributed by atoms with Gasteiger partial charge in [-0.2, -0.15) is 0 Å². The van der Waals surface area contributed by atoms with Crippen LogP contribution >= 0.6 is 11.8 Å². The first kappa shape index (κ1) is 15.3. The molecular weight excluding hydrogens is 270 g/mol. The third-order valence-corrected chi connectivity index (χ3v) is 4.26. The number of hydrogen-bond donors (Lipinski definition) is 1. The lowest BCUT2D eigenvalue weighted by Crippen LogP contribution is -2.24. The average Bonchev–Trinajstić information content (AvgIpc) is 2.32. The highest BCUT2D eigenvalue weighted by atomic mass is 32.2. The van der Waals surface area contributed by atoms with Gasteiger partial charge in [-0.1, -0.05) is 12.1 Å². The molecule has 0 aliphatic rings. The molecule has 0 aromatic heterocycles. The van der Waals surface area contributed by atoms with Crippen molar-refractivity contribution in [2.45, 2.75) is 4.90 Å². The molecule has 4 nitrogen and oxygen atoms in total. The van der Waals surface area contributed by atoms with E-state index in [2.05, 4.69) is 5.32 Å². The van der Waals surface area contributed by atoms with E-state index in [1.54, 1.807) is 18.9 Å². The monoisotopic (exact) mass is 289 g/mol. The first-order valence-corrected chi connectivity index (χ1v) is 8.72. The quantitative estimate of drug-likeness (QED) is 0.579. The molecule has 1 aromatic rings. The molecule has 0 saturated heterocycles. The summed E-state index contributed by atoms with van der Waals surface area (Å²) in [6.07, 6.45) is 1.25. The van der Waals surface area contributed by atoms with Crippen molar-refractivity contribution < 1.29 is 13.2 Å². The lowest BCUT2D eigenvalue weighted by Gasteiger charge is -2.08. The lowest BCUT2D eigenvalue weighted by atomic mass is 10.3. The standard InChI is InChI=1S/C12H19NO3S2/c1-16-11-5-3-4-6-12(11)17-9-7-13-8-10-18(2,14)15/h3-6,13H,7-10H2,1-2H3. The highest BCUT2D eigenvalue weighted by molar-refractivity contribution is 7.99. The van der Waals surface area contributed by atoms with Crippen LogP contribution in [0.2, 0.25) is 0 Å². The van der Waals surface area contributed by atoms with Crippen molar-refractivity contribution in [2.75, 3.05) is 38.0 Å². The van der Waals surface area contributed by atoms with Crippen molar-refractivity contribution in [1.82, 2.24) is 5.32 Å². The zero-order chi connectivity index (χ0) is 13.4. The molecule has 0 radical (unpaired) electrons. The van der Waals surface area contributed by atoms with Crippen molar-refractivity contribution >= 4 is 21.6 Å². The molecule has 0 atom stereocenters. The second-order valence-electron chi connectivity index (χ2n) is 3.88. The second-order valence-corrected chi connectivity index (χ2v) is 7.28. The minimum atomic E-state index is -2.86. The van der Waals surface area contributed by atoms with Gasteiger partial charge in [0.25, 0.3) is 0 Å². The molecule has 0 bridgehead atoms. The molecule has 1 rings (SSSR count). The van der Waals surface area contributed by atoms with Gasteiger partial charge in [-0.25, -0.2) is 8.42 Å². The maximum atomic E-state index is 10.9. The predicted octanol–water partition coefficient (Wildman–Crippen LogP) is 1.42. The van der Waals surface area contributed by atoms with E-state index in [1.165, 1.54) is 6.26 Å². The fourth-order valence-corrected chi connectivity index (χ4v) is 2.80. The molecule has 6 heteroatoms. The summed E-state index contributed by atoms with van der Waals surface area (Å²) in [5.74, 6) is 1.94. The normalized spacial score (nSPS) is 11.4. The number of sulfone groups is 1. The number of rotatable bonds is 8. The third kappa shape index (κ3) is 6.28. The average molecular weight is 289 g/mol. The molecule has 102 valence electrons. The zero-order valence-corrected chi connectivity index (χ0v) is 12.3. The third-order valence-electron chi connectivity index (χ3n) is 2.26. The van der Waals surface area contributed by atoms with Crippen LogP contribution in [0.1, 0.15) is 0 Å². The first-order chi connectivity index (χ1) is 8.53. The topological polar surface area (TPSA) is 55.4 Å². The lowest BCUT2D eigenvalue weighted by molar-refractivity contribution is 0.405. The largest absolute Gasteiger partial charge is 0.496 e. The van der Waals surface area contributed by atoms with E-state index in [1.807, 2.05) is 24.3 Å². The Morgan fingerprint density at radius 3 is 2.67 bits per heavy atom. The van der Waals surface area contributed by atoms with Gasteiger partial charge in [-0.3, -0.25) is 0 Å². The van der Waals surface area contributed by atoms with E-state index < -0.39 is 9.84 Å². The summed E-state index contributed by atoms with van der Waals surface area (Å²) < 4.78 is 27.1. The van der Waals surface area contributed by atoms with E-state index in [0.717, 1.165) is 22.9 Å². The smallest absolute Gasteiger partial charge is 0.148 e. The Morgan fingerprint density at radius 2 is 2.00 bits per heavy atom. The fourth-order valence-electron chi connectivity index (χ4n) is 1.35. The van der Waals surface area contributed by atoms with Gasteiger partial charge >= 0.3 is 0 Å². The van der Waals surface area contributed by atoms with Gasteiger partial charge in [0.2, 0.25) is 0 Å². The number of hydrogen-bond acceptors (Lipinski definition) is 5. The van der Waals surface area contributed by atoms with Gasteiger partial charge in [-0.05, 0) is 12.1 Å². The number of para-hydroxylation sites is 1. The summed E-state index contributed by atoms with van der Waals surface area (Å²) in [6, 6.07) is 7.86. The second kappa shape index (κ2) is 7.66. The Hall–Kier alpha value is -0.720. The summed E-state index contributed by atoms with van der Waals surface area (Å²) in [5.41, 5.74) is 0. The van der Waals surface area contributed by atoms with Crippen LogP contribution in [0.25, 0.3) is 0 Å². The predicted molar refractivity (Wildman–Crippen MR) is 76.3 cm³/mol. The molecule has 0 spiro atoms. The highest BCUT2D eigenvalue weighted by Gasteiger charge is 2.02. The van der Waals surface area contributed by atoms with Crippen LogP contribution in [-0.4, -0.2) is 46.4 Å². The van der Waals surface area contributed by atoms with Gasteiger partial charge in [0.15, 0.2) is 0 Å². The molecule has 0 heterocycles. The Balaban J connectivity index is 2.22. The van der Waals surface area contributed by atoms with Crippen molar-refractivity contribution in [2.24, 2.45) is 0 Å². The van der Waals surface area contributed by atoms with Gasteiger partial charge < -0.3 is 10.1 Å². The van der Waals surface area contributed by atoms with Crippen molar-refractivity contribution in [3.05, 3.63) is 24.3 Å². The Labute approximate surface area is 113 Å². The van der Waals surface area contributed by atoms with E-state index in [-0.39, 0.29) is 5.75 Å². The molecule has 0 aliphatic carbocycles. The van der Waals surface area contributed by atoms with Gasteiger partial charge in [0.1, 0.15) is 15.6 Å². The van der Waals surface area contributed by atoms with E-state index in [0.29, 0.717) is 6.54 Å². The molecular formula is C12H19NO3S2. The molecule has 0 aliphatic heterocycles. The highest BCUT2D eigenvalue weighted by Crippen LogP contribution is 2.27. The van der Waals surface area contributed by atoms with Crippen LogP contribution in [0.15, 0.2) is 29.2 Å². The van der Waals surface area contributed by atoms with Crippen molar-refractivity contribution in [1.29, 1.82) is 0 Å². The first-order valence-electron chi connectivity index (χ1n) is 5.67. The van der Waals surface area contributed by atoms with Crippen LogP contribution in [0.4, 0.5) is 0 Å². The molecule has 0 amide bonds. The van der Waals surface area contributed by atoms with Crippen LogP contribution in [0, 0.1) is 0 Å². The van der Waals surface area contributed by atoms with Crippen LogP contribution < -0.4 is 10.1 Å². The number of ether oxygens (including phenoxy) is 1. The number of benzene rings is 1.